The third-order valence-electron chi connectivity index (χ3n) is 4.56. The van der Waals surface area contributed by atoms with E-state index in [0.29, 0.717) is 11.6 Å². The SMILES string of the molecule is O=C(Cn1cc2ccccc2n1)N1CCNCC1c1cccc(Cl)c1. The minimum atomic E-state index is -0.00933. The Morgan fingerprint density at radius 1 is 1.24 bits per heavy atom. The number of nitrogens with one attached hydrogen (secondary N) is 1. The highest BCUT2D eigenvalue weighted by Gasteiger charge is 2.28. The van der Waals surface area contributed by atoms with Crippen molar-refractivity contribution in [2.24, 2.45) is 0 Å². The number of rotatable bonds is 3. The van der Waals surface area contributed by atoms with Crippen molar-refractivity contribution in [3.8, 4) is 0 Å². The molecular weight excluding hydrogens is 336 g/mol. The quantitative estimate of drug-likeness (QED) is 0.786. The second kappa shape index (κ2) is 6.86. The molecule has 1 aliphatic heterocycles. The molecule has 2 aromatic carbocycles. The molecule has 2 heterocycles. The van der Waals surface area contributed by atoms with Crippen LogP contribution in [0.2, 0.25) is 5.02 Å². The molecule has 1 aromatic heterocycles. The number of aromatic nitrogens is 2. The molecule has 0 bridgehead atoms. The number of carbonyl (C=O) groups excluding carboxylic acids is 1. The predicted octanol–water partition coefficient (Wildman–Crippen LogP) is 2.86. The van der Waals surface area contributed by atoms with Crippen LogP contribution in [0.3, 0.4) is 0 Å². The molecule has 0 spiro atoms. The predicted molar refractivity (Wildman–Crippen MR) is 98.5 cm³/mol. The van der Waals surface area contributed by atoms with Gasteiger partial charge in [0.1, 0.15) is 6.54 Å². The highest BCUT2D eigenvalue weighted by atomic mass is 35.5. The maximum Gasteiger partial charge on any atom is 0.244 e. The van der Waals surface area contributed by atoms with Crippen LogP contribution in [-0.2, 0) is 11.3 Å². The molecule has 128 valence electrons. The summed E-state index contributed by atoms with van der Waals surface area (Å²) in [5.74, 6) is 0.0688. The fourth-order valence-electron chi connectivity index (χ4n) is 3.34. The average molecular weight is 355 g/mol. The maximum atomic E-state index is 12.9. The minimum Gasteiger partial charge on any atom is -0.331 e. The van der Waals surface area contributed by atoms with Gasteiger partial charge in [-0.15, -0.1) is 0 Å². The summed E-state index contributed by atoms with van der Waals surface area (Å²) in [6.45, 7) is 2.44. The summed E-state index contributed by atoms with van der Waals surface area (Å²) in [4.78, 5) is 14.8. The van der Waals surface area contributed by atoms with Crippen LogP contribution in [0.4, 0.5) is 0 Å². The number of fused-ring (bicyclic) bond motifs is 1. The van der Waals surface area contributed by atoms with Crippen LogP contribution in [0.5, 0.6) is 0 Å². The Morgan fingerprint density at radius 2 is 2.12 bits per heavy atom. The number of piperazine rings is 1. The third-order valence-corrected chi connectivity index (χ3v) is 4.79. The topological polar surface area (TPSA) is 50.2 Å². The van der Waals surface area contributed by atoms with E-state index < -0.39 is 0 Å². The summed E-state index contributed by atoms with van der Waals surface area (Å²) < 4.78 is 1.73. The first kappa shape index (κ1) is 16.1. The molecule has 3 aromatic rings. The van der Waals surface area contributed by atoms with E-state index in [1.807, 2.05) is 59.6 Å². The fraction of sp³-hybridized carbons (Fsp3) is 0.263. The molecule has 4 rings (SSSR count). The van der Waals surface area contributed by atoms with Crippen LogP contribution in [0.25, 0.3) is 10.9 Å². The van der Waals surface area contributed by atoms with Gasteiger partial charge in [-0.05, 0) is 23.8 Å². The highest BCUT2D eigenvalue weighted by molar-refractivity contribution is 6.30. The van der Waals surface area contributed by atoms with Crippen LogP contribution in [-0.4, -0.2) is 40.2 Å². The molecule has 0 saturated carbocycles. The molecule has 5 nitrogen and oxygen atoms in total. The zero-order valence-corrected chi connectivity index (χ0v) is 14.5. The number of hydrogen-bond donors (Lipinski definition) is 1. The Labute approximate surface area is 151 Å². The lowest BCUT2D eigenvalue weighted by Gasteiger charge is -2.36. The Bertz CT molecular complexity index is 874. The van der Waals surface area contributed by atoms with E-state index in [2.05, 4.69) is 10.4 Å². The monoisotopic (exact) mass is 354 g/mol. The largest absolute Gasteiger partial charge is 0.331 e. The van der Waals surface area contributed by atoms with Gasteiger partial charge in [0, 0.05) is 36.2 Å². The van der Waals surface area contributed by atoms with E-state index in [1.54, 1.807) is 4.68 Å². The Hall–Kier alpha value is -2.37. The second-order valence-corrected chi connectivity index (χ2v) is 6.68. The molecule has 6 heteroatoms. The zero-order chi connectivity index (χ0) is 17.2. The second-order valence-electron chi connectivity index (χ2n) is 6.25. The van der Waals surface area contributed by atoms with Crippen LogP contribution in [0.1, 0.15) is 11.6 Å². The van der Waals surface area contributed by atoms with Crippen molar-refractivity contribution < 1.29 is 4.79 Å². The van der Waals surface area contributed by atoms with Gasteiger partial charge >= 0.3 is 0 Å². The van der Waals surface area contributed by atoms with E-state index >= 15 is 0 Å². The van der Waals surface area contributed by atoms with Crippen molar-refractivity contribution in [3.63, 3.8) is 0 Å². The standard InChI is InChI=1S/C19H19ClN4O/c20-16-6-3-5-14(10-16)18-11-21-8-9-24(18)19(25)13-23-12-15-4-1-2-7-17(15)22-23/h1-7,10,12,18,21H,8-9,11,13H2. The van der Waals surface area contributed by atoms with Gasteiger partial charge in [0.05, 0.1) is 11.6 Å². The Kier molecular flexibility index (Phi) is 4.42. The van der Waals surface area contributed by atoms with Crippen molar-refractivity contribution in [1.82, 2.24) is 20.0 Å². The number of carbonyl (C=O) groups is 1. The minimum absolute atomic E-state index is 0.00933. The smallest absolute Gasteiger partial charge is 0.244 e. The average Bonchev–Trinajstić information content (AvgIpc) is 3.04. The number of nitrogens with zero attached hydrogens (tertiary/aromatic N) is 3. The molecule has 1 amide bonds. The van der Waals surface area contributed by atoms with Gasteiger partial charge in [0.2, 0.25) is 5.91 Å². The van der Waals surface area contributed by atoms with Gasteiger partial charge in [-0.3, -0.25) is 9.48 Å². The maximum absolute atomic E-state index is 12.9. The van der Waals surface area contributed by atoms with Gasteiger partial charge in [-0.1, -0.05) is 41.9 Å². The first-order valence-electron chi connectivity index (χ1n) is 8.38. The summed E-state index contributed by atoms with van der Waals surface area (Å²) in [6, 6.07) is 15.6. The Balaban J connectivity index is 1.56. The molecule has 1 saturated heterocycles. The van der Waals surface area contributed by atoms with Crippen LogP contribution in [0, 0.1) is 0 Å². The normalized spacial score (nSPS) is 17.8. The third kappa shape index (κ3) is 3.38. The fourth-order valence-corrected chi connectivity index (χ4v) is 3.54. The molecular formula is C19H19ClN4O. The highest BCUT2D eigenvalue weighted by Crippen LogP contribution is 2.25. The molecule has 0 aliphatic carbocycles. The number of hydrogen-bond acceptors (Lipinski definition) is 3. The number of benzene rings is 2. The van der Waals surface area contributed by atoms with Gasteiger partial charge in [0.15, 0.2) is 0 Å². The van der Waals surface area contributed by atoms with Crippen molar-refractivity contribution in [3.05, 3.63) is 65.3 Å². The zero-order valence-electron chi connectivity index (χ0n) is 13.7. The summed E-state index contributed by atoms with van der Waals surface area (Å²) in [5, 5.41) is 9.59. The Morgan fingerprint density at radius 3 is 2.96 bits per heavy atom. The van der Waals surface area contributed by atoms with Crippen LogP contribution >= 0.6 is 11.6 Å². The first-order chi connectivity index (χ1) is 12.2. The summed E-state index contributed by atoms with van der Waals surface area (Å²) in [7, 11) is 0. The summed E-state index contributed by atoms with van der Waals surface area (Å²) in [5.41, 5.74) is 1.96. The molecule has 1 unspecified atom stereocenters. The van der Waals surface area contributed by atoms with E-state index in [9.17, 15) is 4.79 Å². The molecule has 1 atom stereocenters. The lowest BCUT2D eigenvalue weighted by Crippen LogP contribution is -2.49. The molecule has 1 aliphatic rings. The van der Waals surface area contributed by atoms with Crippen molar-refractivity contribution in [2.75, 3.05) is 19.6 Å². The van der Waals surface area contributed by atoms with Crippen LogP contribution in [0.15, 0.2) is 54.7 Å². The molecule has 25 heavy (non-hydrogen) atoms. The van der Waals surface area contributed by atoms with Gasteiger partial charge in [0.25, 0.3) is 0 Å². The van der Waals surface area contributed by atoms with Crippen molar-refractivity contribution >= 4 is 28.4 Å². The van der Waals surface area contributed by atoms with E-state index in [-0.39, 0.29) is 18.5 Å². The molecule has 0 radical (unpaired) electrons. The van der Waals surface area contributed by atoms with Gasteiger partial charge < -0.3 is 10.2 Å². The number of amides is 1. The van der Waals surface area contributed by atoms with Crippen molar-refractivity contribution in [2.45, 2.75) is 12.6 Å². The summed E-state index contributed by atoms with van der Waals surface area (Å²) >= 11 is 6.13. The number of halogens is 1. The van der Waals surface area contributed by atoms with E-state index in [4.69, 9.17) is 11.6 Å². The first-order valence-corrected chi connectivity index (χ1v) is 8.76. The van der Waals surface area contributed by atoms with E-state index in [1.165, 1.54) is 0 Å². The lowest BCUT2D eigenvalue weighted by atomic mass is 10.0. The van der Waals surface area contributed by atoms with Crippen LogP contribution < -0.4 is 5.32 Å². The lowest BCUT2D eigenvalue weighted by molar-refractivity contribution is -0.135. The van der Waals surface area contributed by atoms with E-state index in [0.717, 1.165) is 29.6 Å². The van der Waals surface area contributed by atoms with Crippen molar-refractivity contribution in [1.29, 1.82) is 0 Å². The van der Waals surface area contributed by atoms with Gasteiger partial charge in [-0.25, -0.2) is 0 Å². The molecule has 1 N–H and O–H groups in total. The van der Waals surface area contributed by atoms with Gasteiger partial charge in [-0.2, -0.15) is 5.10 Å². The molecule has 1 fully saturated rings. The summed E-state index contributed by atoms with van der Waals surface area (Å²) in [6.07, 6.45) is 1.92.